The lowest BCUT2D eigenvalue weighted by molar-refractivity contribution is -0.383. The van der Waals surface area contributed by atoms with Crippen LogP contribution >= 0.6 is 11.3 Å². The monoisotopic (exact) mass is 283 g/mol. The van der Waals surface area contributed by atoms with Gasteiger partial charge < -0.3 is 10.2 Å². The van der Waals surface area contributed by atoms with Crippen molar-refractivity contribution >= 4 is 33.7 Å². The molecule has 1 N–H and O–H groups in total. The molecule has 1 aromatic heterocycles. The van der Waals surface area contributed by atoms with Crippen molar-refractivity contribution in [2.45, 2.75) is 13.3 Å². The van der Waals surface area contributed by atoms with Crippen LogP contribution in [0.4, 0.5) is 10.7 Å². The summed E-state index contributed by atoms with van der Waals surface area (Å²) in [5.41, 5.74) is -0.107. The Hall–Kier alpha value is -1.96. The quantitative estimate of drug-likeness (QED) is 0.511. The van der Waals surface area contributed by atoms with E-state index in [9.17, 15) is 19.7 Å². The molecule has 2 heterocycles. The number of hydrogen-bond acceptors (Lipinski definition) is 6. The van der Waals surface area contributed by atoms with E-state index in [1.807, 2.05) is 0 Å². The lowest BCUT2D eigenvalue weighted by Crippen LogP contribution is -2.32. The average molecular weight is 283 g/mol. The molecule has 0 aromatic carbocycles. The lowest BCUT2D eigenvalue weighted by atomic mass is 10.3. The van der Waals surface area contributed by atoms with Gasteiger partial charge in [0.15, 0.2) is 10.8 Å². The minimum atomic E-state index is -0.513. The average Bonchev–Trinajstić information content (AvgIpc) is 2.68. The van der Waals surface area contributed by atoms with Crippen molar-refractivity contribution in [3.8, 4) is 0 Å². The van der Waals surface area contributed by atoms with E-state index >= 15 is 0 Å². The molecule has 1 aliphatic rings. The number of amides is 1. The largest absolute Gasteiger partial charge is 0.354 e. The van der Waals surface area contributed by atoms with Gasteiger partial charge >= 0.3 is 5.69 Å². The summed E-state index contributed by atoms with van der Waals surface area (Å²) in [7, 11) is 0. The van der Waals surface area contributed by atoms with Crippen LogP contribution in [0.5, 0.6) is 0 Å². The topological polar surface area (TPSA) is 92.5 Å². The summed E-state index contributed by atoms with van der Waals surface area (Å²) >= 11 is 1.07. The molecule has 0 saturated carbocycles. The Balaban J connectivity index is 2.38. The highest BCUT2D eigenvalue weighted by atomic mass is 32.1. The molecule has 102 valence electrons. The van der Waals surface area contributed by atoms with Crippen LogP contribution < -0.4 is 10.2 Å². The molecule has 1 saturated heterocycles. The first-order chi connectivity index (χ1) is 8.99. The van der Waals surface area contributed by atoms with Crippen LogP contribution in [0.2, 0.25) is 0 Å². The van der Waals surface area contributed by atoms with Gasteiger partial charge in [-0.1, -0.05) is 0 Å². The molecule has 0 aliphatic carbocycles. The predicted molar refractivity (Wildman–Crippen MR) is 70.8 cm³/mol. The molecule has 2 rings (SSSR count). The molecule has 0 bridgehead atoms. The molecule has 19 heavy (non-hydrogen) atoms. The van der Waals surface area contributed by atoms with Crippen molar-refractivity contribution in [3.63, 3.8) is 0 Å². The van der Waals surface area contributed by atoms with Gasteiger partial charge in [0.25, 0.3) is 0 Å². The fourth-order valence-electron chi connectivity index (χ4n) is 1.88. The van der Waals surface area contributed by atoms with Crippen LogP contribution in [-0.4, -0.2) is 36.2 Å². The van der Waals surface area contributed by atoms with Crippen LogP contribution in [0, 0.1) is 10.1 Å². The lowest BCUT2D eigenvalue weighted by Gasteiger charge is -2.18. The molecule has 0 atom stereocenters. The fraction of sp³-hybridized carbons (Fsp3) is 0.455. The first-order valence-electron chi connectivity index (χ1n) is 5.80. The number of nitrogens with zero attached hydrogens (tertiary/aromatic N) is 2. The van der Waals surface area contributed by atoms with Gasteiger partial charge in [-0.05, 0) is 13.3 Å². The second-order valence-corrected chi connectivity index (χ2v) is 5.27. The number of nitrogens with one attached hydrogen (secondary N) is 1. The maximum atomic E-state index is 11.5. The Kier molecular flexibility index (Phi) is 3.79. The van der Waals surface area contributed by atoms with E-state index in [1.54, 1.807) is 4.90 Å². The standard InChI is InChI=1S/C11H13N3O4S/c1-7(15)9-5-8(14(17)18)11(19-9)13-4-2-3-12-10(16)6-13/h5H,2-4,6H2,1H3,(H,12,16). The molecule has 1 amide bonds. The third kappa shape index (κ3) is 2.90. The van der Waals surface area contributed by atoms with Crippen LogP contribution in [-0.2, 0) is 4.79 Å². The Morgan fingerprint density at radius 2 is 2.32 bits per heavy atom. The van der Waals surface area contributed by atoms with Crippen molar-refractivity contribution < 1.29 is 14.5 Å². The molecule has 0 radical (unpaired) electrons. The third-order valence-corrected chi connectivity index (χ3v) is 4.07. The maximum absolute atomic E-state index is 11.5. The first-order valence-corrected chi connectivity index (χ1v) is 6.61. The summed E-state index contributed by atoms with van der Waals surface area (Å²) in [5, 5.41) is 14.1. The molecule has 1 aliphatic heterocycles. The Bertz CT molecular complexity index is 540. The van der Waals surface area contributed by atoms with E-state index in [4.69, 9.17) is 0 Å². The fourth-order valence-corrected chi connectivity index (χ4v) is 2.93. The summed E-state index contributed by atoms with van der Waals surface area (Å²) in [5.74, 6) is -0.372. The van der Waals surface area contributed by atoms with Crippen molar-refractivity contribution in [1.29, 1.82) is 0 Å². The molecule has 7 nitrogen and oxygen atoms in total. The number of thiophene rings is 1. The van der Waals surface area contributed by atoms with E-state index in [0.717, 1.165) is 17.8 Å². The zero-order valence-electron chi connectivity index (χ0n) is 10.3. The van der Waals surface area contributed by atoms with Crippen LogP contribution in [0.15, 0.2) is 6.07 Å². The second-order valence-electron chi connectivity index (χ2n) is 4.24. The summed E-state index contributed by atoms with van der Waals surface area (Å²) in [6.07, 6.45) is 0.718. The molecule has 1 fully saturated rings. The minimum absolute atomic E-state index is 0.0820. The minimum Gasteiger partial charge on any atom is -0.354 e. The Morgan fingerprint density at radius 1 is 1.58 bits per heavy atom. The van der Waals surface area contributed by atoms with Crippen molar-refractivity contribution in [2.75, 3.05) is 24.5 Å². The van der Waals surface area contributed by atoms with Crippen LogP contribution in [0.25, 0.3) is 0 Å². The summed E-state index contributed by atoms with van der Waals surface area (Å²) in [6, 6.07) is 1.28. The number of anilines is 1. The van der Waals surface area contributed by atoms with E-state index in [2.05, 4.69) is 5.32 Å². The highest BCUT2D eigenvalue weighted by Gasteiger charge is 2.27. The SMILES string of the molecule is CC(=O)c1cc([N+](=O)[O-])c(N2CCCNC(=O)C2)s1. The summed E-state index contributed by atoms with van der Waals surface area (Å²) < 4.78 is 0. The molecule has 0 unspecified atom stereocenters. The molecular weight excluding hydrogens is 270 g/mol. The van der Waals surface area contributed by atoms with E-state index < -0.39 is 4.92 Å². The molecule has 1 aromatic rings. The molecule has 8 heteroatoms. The van der Waals surface area contributed by atoms with E-state index in [1.165, 1.54) is 13.0 Å². The number of nitro groups is 1. The Labute approximate surface area is 113 Å². The van der Waals surface area contributed by atoms with Crippen molar-refractivity contribution in [3.05, 3.63) is 21.1 Å². The zero-order valence-corrected chi connectivity index (χ0v) is 11.2. The summed E-state index contributed by atoms with van der Waals surface area (Å²) in [6.45, 7) is 2.57. The number of carbonyl (C=O) groups is 2. The smallest absolute Gasteiger partial charge is 0.304 e. The number of hydrogen-bond donors (Lipinski definition) is 1. The second kappa shape index (κ2) is 5.35. The Morgan fingerprint density at radius 3 is 2.95 bits per heavy atom. The number of rotatable bonds is 3. The van der Waals surface area contributed by atoms with E-state index in [-0.39, 0.29) is 23.9 Å². The molecule has 0 spiro atoms. The summed E-state index contributed by atoms with van der Waals surface area (Å²) in [4.78, 5) is 35.4. The number of ketones is 1. The van der Waals surface area contributed by atoms with Gasteiger partial charge in [0.1, 0.15) is 0 Å². The third-order valence-electron chi connectivity index (χ3n) is 2.79. The van der Waals surface area contributed by atoms with Crippen molar-refractivity contribution in [2.24, 2.45) is 0 Å². The number of Topliss-reactive ketones (excluding diaryl/α,β-unsaturated/α-hetero) is 1. The normalized spacial score (nSPS) is 15.8. The van der Waals surface area contributed by atoms with Gasteiger partial charge in [0, 0.05) is 19.2 Å². The number of carbonyl (C=O) groups excluding carboxylic acids is 2. The maximum Gasteiger partial charge on any atom is 0.304 e. The van der Waals surface area contributed by atoms with Crippen LogP contribution in [0.3, 0.4) is 0 Å². The van der Waals surface area contributed by atoms with Gasteiger partial charge in [-0.15, -0.1) is 11.3 Å². The first kappa shape index (κ1) is 13.5. The van der Waals surface area contributed by atoms with Gasteiger partial charge in [-0.2, -0.15) is 0 Å². The van der Waals surface area contributed by atoms with Gasteiger partial charge in [0.05, 0.1) is 16.3 Å². The predicted octanol–water partition coefficient (Wildman–Crippen LogP) is 1.19. The van der Waals surface area contributed by atoms with Gasteiger partial charge in [-0.3, -0.25) is 19.7 Å². The zero-order chi connectivity index (χ0) is 14.0. The van der Waals surface area contributed by atoms with Crippen molar-refractivity contribution in [1.82, 2.24) is 5.32 Å². The van der Waals surface area contributed by atoms with Gasteiger partial charge in [0.2, 0.25) is 5.91 Å². The highest BCUT2D eigenvalue weighted by molar-refractivity contribution is 7.18. The highest BCUT2D eigenvalue weighted by Crippen LogP contribution is 2.38. The van der Waals surface area contributed by atoms with Gasteiger partial charge in [-0.25, -0.2) is 0 Å². The van der Waals surface area contributed by atoms with Crippen LogP contribution in [0.1, 0.15) is 23.0 Å². The van der Waals surface area contributed by atoms with E-state index in [0.29, 0.717) is 23.0 Å². The molecular formula is C11H13N3O4S.